The summed E-state index contributed by atoms with van der Waals surface area (Å²) in [6, 6.07) is 10.6. The van der Waals surface area contributed by atoms with Crippen LogP contribution < -0.4 is 14.2 Å². The highest BCUT2D eigenvalue weighted by molar-refractivity contribution is 9.10. The van der Waals surface area contributed by atoms with Gasteiger partial charge in [0.05, 0.1) is 30.7 Å². The minimum absolute atomic E-state index is 0.165. The van der Waals surface area contributed by atoms with Gasteiger partial charge in [-0.2, -0.15) is 0 Å². The van der Waals surface area contributed by atoms with Crippen LogP contribution in [0.25, 0.3) is 10.9 Å². The number of benzene rings is 2. The number of Topliss-reactive ketones (excluding diaryl/α,β-unsaturated/α-hetero) is 1. The zero-order valence-corrected chi connectivity index (χ0v) is 15.2. The second-order valence-electron chi connectivity index (χ2n) is 5.12. The lowest BCUT2D eigenvalue weighted by Gasteiger charge is -2.11. The fraction of sp³-hybridized carbons (Fsp3) is 0.167. The van der Waals surface area contributed by atoms with Gasteiger partial charge in [0.15, 0.2) is 6.61 Å². The Bertz CT molecular complexity index is 930. The van der Waals surface area contributed by atoms with Crippen LogP contribution in [0.1, 0.15) is 10.4 Å². The smallest absolute Gasteiger partial charge is 0.224 e. The molecule has 7 heteroatoms. The summed E-state index contributed by atoms with van der Waals surface area (Å²) in [6.07, 6.45) is 1.41. The summed E-state index contributed by atoms with van der Waals surface area (Å²) in [4.78, 5) is 20.8. The molecule has 0 radical (unpaired) electrons. The summed E-state index contributed by atoms with van der Waals surface area (Å²) >= 11 is 3.41. The number of ether oxygens (including phenoxy) is 3. The molecule has 0 aliphatic carbocycles. The zero-order valence-electron chi connectivity index (χ0n) is 13.7. The van der Waals surface area contributed by atoms with Crippen LogP contribution in [0.15, 0.2) is 47.2 Å². The molecule has 25 heavy (non-hydrogen) atoms. The molecule has 2 aromatic carbocycles. The standard InChI is InChI=1S/C18H15BrN2O4/c1-23-12-4-5-13(17(8-12)24-2)16(22)9-25-18-14-7-11(19)3-6-15(14)20-10-21-18/h3-8,10H,9H2,1-2H3. The summed E-state index contributed by atoms with van der Waals surface area (Å²) in [5.74, 6) is 1.18. The number of carbonyl (C=O) groups excluding carboxylic acids is 1. The van der Waals surface area contributed by atoms with E-state index in [0.717, 1.165) is 15.4 Å². The number of hydrogen-bond donors (Lipinski definition) is 0. The van der Waals surface area contributed by atoms with E-state index in [-0.39, 0.29) is 12.4 Å². The van der Waals surface area contributed by atoms with Crippen molar-refractivity contribution in [2.45, 2.75) is 0 Å². The number of methoxy groups -OCH3 is 2. The van der Waals surface area contributed by atoms with E-state index in [1.54, 1.807) is 25.3 Å². The Labute approximate surface area is 152 Å². The maximum atomic E-state index is 12.5. The molecule has 0 fully saturated rings. The minimum atomic E-state index is -0.221. The number of rotatable bonds is 6. The largest absolute Gasteiger partial charge is 0.497 e. The van der Waals surface area contributed by atoms with Crippen LogP contribution in [0.5, 0.6) is 17.4 Å². The molecule has 1 aromatic heterocycles. The van der Waals surface area contributed by atoms with E-state index in [1.165, 1.54) is 13.4 Å². The summed E-state index contributed by atoms with van der Waals surface area (Å²) < 4.78 is 16.9. The lowest BCUT2D eigenvalue weighted by atomic mass is 10.1. The van der Waals surface area contributed by atoms with E-state index >= 15 is 0 Å². The molecule has 0 unspecified atom stereocenters. The van der Waals surface area contributed by atoms with Crippen LogP contribution in [-0.2, 0) is 0 Å². The Balaban J connectivity index is 1.82. The van der Waals surface area contributed by atoms with Gasteiger partial charge in [0.1, 0.15) is 17.8 Å². The second-order valence-corrected chi connectivity index (χ2v) is 6.03. The van der Waals surface area contributed by atoms with E-state index in [9.17, 15) is 4.79 Å². The van der Waals surface area contributed by atoms with Crippen LogP contribution >= 0.6 is 15.9 Å². The Morgan fingerprint density at radius 3 is 2.68 bits per heavy atom. The van der Waals surface area contributed by atoms with E-state index < -0.39 is 0 Å². The first-order valence-corrected chi connectivity index (χ1v) is 8.20. The van der Waals surface area contributed by atoms with Crippen molar-refractivity contribution in [1.29, 1.82) is 0 Å². The van der Waals surface area contributed by atoms with Gasteiger partial charge >= 0.3 is 0 Å². The monoisotopic (exact) mass is 402 g/mol. The number of halogens is 1. The molecular formula is C18H15BrN2O4. The molecule has 0 bridgehead atoms. The van der Waals surface area contributed by atoms with Gasteiger partial charge < -0.3 is 14.2 Å². The van der Waals surface area contributed by atoms with Crippen molar-refractivity contribution in [3.8, 4) is 17.4 Å². The molecule has 0 aliphatic rings. The zero-order chi connectivity index (χ0) is 17.8. The van der Waals surface area contributed by atoms with E-state index in [2.05, 4.69) is 25.9 Å². The fourth-order valence-corrected chi connectivity index (χ4v) is 2.72. The fourth-order valence-electron chi connectivity index (χ4n) is 2.36. The van der Waals surface area contributed by atoms with E-state index in [4.69, 9.17) is 14.2 Å². The van der Waals surface area contributed by atoms with Crippen LogP contribution in [0.4, 0.5) is 0 Å². The van der Waals surface area contributed by atoms with Gasteiger partial charge in [-0.15, -0.1) is 0 Å². The van der Waals surface area contributed by atoms with Gasteiger partial charge in [-0.25, -0.2) is 9.97 Å². The molecule has 3 rings (SSSR count). The molecule has 0 atom stereocenters. The third kappa shape index (κ3) is 3.71. The molecule has 128 valence electrons. The maximum absolute atomic E-state index is 12.5. The van der Waals surface area contributed by atoms with Crippen molar-refractivity contribution in [2.24, 2.45) is 0 Å². The van der Waals surface area contributed by atoms with Crippen molar-refractivity contribution in [3.05, 3.63) is 52.8 Å². The SMILES string of the molecule is COc1ccc(C(=O)COc2ncnc3ccc(Br)cc23)c(OC)c1. The number of ketones is 1. The van der Waals surface area contributed by atoms with Gasteiger partial charge in [0.25, 0.3) is 0 Å². The Hall–Kier alpha value is -2.67. The highest BCUT2D eigenvalue weighted by Crippen LogP contribution is 2.27. The second kappa shape index (κ2) is 7.48. The van der Waals surface area contributed by atoms with Crippen LogP contribution in [0.2, 0.25) is 0 Å². The van der Waals surface area contributed by atoms with Crippen molar-refractivity contribution < 1.29 is 19.0 Å². The first kappa shape index (κ1) is 17.2. The highest BCUT2D eigenvalue weighted by atomic mass is 79.9. The van der Waals surface area contributed by atoms with Crippen LogP contribution in [0.3, 0.4) is 0 Å². The third-order valence-corrected chi connectivity index (χ3v) is 4.10. The third-order valence-electron chi connectivity index (χ3n) is 3.61. The van der Waals surface area contributed by atoms with Crippen LogP contribution in [-0.4, -0.2) is 36.6 Å². The van der Waals surface area contributed by atoms with Gasteiger partial charge in [0.2, 0.25) is 11.7 Å². The highest BCUT2D eigenvalue weighted by Gasteiger charge is 2.15. The van der Waals surface area contributed by atoms with Gasteiger partial charge in [-0.1, -0.05) is 15.9 Å². The summed E-state index contributed by atoms with van der Waals surface area (Å²) in [5, 5.41) is 0.728. The number of fused-ring (bicyclic) bond motifs is 1. The summed E-state index contributed by atoms with van der Waals surface area (Å²) in [7, 11) is 3.06. The van der Waals surface area contributed by atoms with Crippen LogP contribution in [0, 0.1) is 0 Å². The predicted molar refractivity (Wildman–Crippen MR) is 96.6 cm³/mol. The molecule has 0 saturated carbocycles. The van der Waals surface area contributed by atoms with Crippen molar-refractivity contribution >= 4 is 32.6 Å². The Morgan fingerprint density at radius 2 is 1.92 bits per heavy atom. The average molecular weight is 403 g/mol. The molecule has 0 saturated heterocycles. The van der Waals surface area contributed by atoms with E-state index in [0.29, 0.717) is 22.9 Å². The molecule has 1 heterocycles. The Kier molecular flexibility index (Phi) is 5.14. The molecule has 0 amide bonds. The van der Waals surface area contributed by atoms with Crippen molar-refractivity contribution in [3.63, 3.8) is 0 Å². The molecule has 0 spiro atoms. The normalized spacial score (nSPS) is 10.5. The summed E-state index contributed by atoms with van der Waals surface area (Å²) in [6.45, 7) is -0.165. The number of hydrogen-bond acceptors (Lipinski definition) is 6. The number of nitrogens with zero attached hydrogens (tertiary/aromatic N) is 2. The first-order chi connectivity index (χ1) is 12.1. The molecular weight excluding hydrogens is 388 g/mol. The first-order valence-electron chi connectivity index (χ1n) is 7.40. The number of aromatic nitrogens is 2. The molecule has 3 aromatic rings. The number of carbonyl (C=O) groups is 1. The minimum Gasteiger partial charge on any atom is -0.497 e. The quantitative estimate of drug-likeness (QED) is 0.585. The predicted octanol–water partition coefficient (Wildman–Crippen LogP) is 3.67. The lowest BCUT2D eigenvalue weighted by Crippen LogP contribution is -2.13. The van der Waals surface area contributed by atoms with Gasteiger partial charge in [-0.3, -0.25) is 4.79 Å². The lowest BCUT2D eigenvalue weighted by molar-refractivity contribution is 0.0916. The molecule has 0 aliphatic heterocycles. The topological polar surface area (TPSA) is 70.5 Å². The van der Waals surface area contributed by atoms with Gasteiger partial charge in [0, 0.05) is 10.5 Å². The van der Waals surface area contributed by atoms with Gasteiger partial charge in [-0.05, 0) is 30.3 Å². The molecule has 6 nitrogen and oxygen atoms in total. The van der Waals surface area contributed by atoms with Crippen molar-refractivity contribution in [1.82, 2.24) is 9.97 Å². The van der Waals surface area contributed by atoms with E-state index in [1.807, 2.05) is 18.2 Å². The average Bonchev–Trinajstić information content (AvgIpc) is 2.65. The maximum Gasteiger partial charge on any atom is 0.224 e. The molecule has 0 N–H and O–H groups in total. The Morgan fingerprint density at radius 1 is 1.08 bits per heavy atom. The van der Waals surface area contributed by atoms with Crippen molar-refractivity contribution in [2.75, 3.05) is 20.8 Å². The summed E-state index contributed by atoms with van der Waals surface area (Å²) in [5.41, 5.74) is 1.16.